The van der Waals surface area contributed by atoms with E-state index in [1.165, 1.54) is 0 Å². The predicted molar refractivity (Wildman–Crippen MR) is 124 cm³/mol. The molecule has 0 saturated heterocycles. The predicted octanol–water partition coefficient (Wildman–Crippen LogP) is 5.64. The minimum atomic E-state index is -0.413. The molecule has 0 spiro atoms. The van der Waals surface area contributed by atoms with Gasteiger partial charge in [-0.3, -0.25) is 15.7 Å². The topological polar surface area (TPSA) is 64.8 Å². The molecule has 1 aromatic carbocycles. The van der Waals surface area contributed by atoms with Crippen molar-refractivity contribution in [3.05, 3.63) is 103 Å². The standard InChI is InChI=1S/C26H30N2O2/c1-5-11-22(20(4)28-30)19(3)18(2)16-26-15-10-6-7-12-21(17-26)25(27-26)23-13-8-9-14-24(23)29/h5-10,12-14,16,21-22,28-30H,1,3-4,11,15,17H2,2H3/b10-6-,12-7-,18-16+. The van der Waals surface area contributed by atoms with Gasteiger partial charge in [-0.15, -0.1) is 6.58 Å². The fourth-order valence-corrected chi connectivity index (χ4v) is 4.29. The number of hydrogen-bond donors (Lipinski definition) is 3. The van der Waals surface area contributed by atoms with Gasteiger partial charge in [-0.1, -0.05) is 61.7 Å². The van der Waals surface area contributed by atoms with Gasteiger partial charge in [-0.25, -0.2) is 0 Å². The van der Waals surface area contributed by atoms with Gasteiger partial charge in [0.25, 0.3) is 0 Å². The van der Waals surface area contributed by atoms with E-state index in [1.807, 2.05) is 25.1 Å². The van der Waals surface area contributed by atoms with Crippen molar-refractivity contribution >= 4 is 5.71 Å². The number of hydroxylamine groups is 1. The SMILES string of the molecule is C=CCC(C(=C)NO)C(=C)/C(C)=C/C12C/C=C\C=C/C(C1)C(c1ccccc1O)=N2. The quantitative estimate of drug-likeness (QED) is 0.299. The molecule has 0 fully saturated rings. The minimum absolute atomic E-state index is 0.124. The summed E-state index contributed by atoms with van der Waals surface area (Å²) >= 11 is 0. The van der Waals surface area contributed by atoms with E-state index in [0.717, 1.165) is 35.3 Å². The maximum atomic E-state index is 10.4. The second-order valence-corrected chi connectivity index (χ2v) is 8.01. The van der Waals surface area contributed by atoms with Gasteiger partial charge in [0.1, 0.15) is 5.75 Å². The van der Waals surface area contributed by atoms with E-state index in [4.69, 9.17) is 4.99 Å². The number of aromatic hydroxyl groups is 1. The molecule has 156 valence electrons. The molecule has 3 atom stereocenters. The Labute approximate surface area is 179 Å². The number of benzene rings is 1. The van der Waals surface area contributed by atoms with Crippen molar-refractivity contribution < 1.29 is 10.3 Å². The lowest BCUT2D eigenvalue weighted by atomic mass is 9.81. The number of rotatable bonds is 8. The van der Waals surface area contributed by atoms with E-state index in [2.05, 4.69) is 55.6 Å². The summed E-state index contributed by atoms with van der Waals surface area (Å²) in [4.78, 5) is 5.15. The number of fused-ring (bicyclic) bond motifs is 2. The van der Waals surface area contributed by atoms with Gasteiger partial charge < -0.3 is 5.11 Å². The smallest absolute Gasteiger partial charge is 0.124 e. The summed E-state index contributed by atoms with van der Waals surface area (Å²) in [5.41, 5.74) is 5.82. The number of nitrogens with zero attached hydrogens (tertiary/aromatic N) is 1. The number of para-hydroxylation sites is 1. The Bertz CT molecular complexity index is 967. The highest BCUT2D eigenvalue weighted by molar-refractivity contribution is 6.07. The molecule has 4 nitrogen and oxygen atoms in total. The van der Waals surface area contributed by atoms with Crippen LogP contribution in [0.4, 0.5) is 0 Å². The van der Waals surface area contributed by atoms with Crippen molar-refractivity contribution in [2.24, 2.45) is 16.8 Å². The van der Waals surface area contributed by atoms with Crippen molar-refractivity contribution in [2.45, 2.75) is 31.7 Å². The van der Waals surface area contributed by atoms with Crippen LogP contribution in [0.1, 0.15) is 31.7 Å². The summed E-state index contributed by atoms with van der Waals surface area (Å²) in [5, 5.41) is 19.7. The monoisotopic (exact) mass is 402 g/mol. The van der Waals surface area contributed by atoms with E-state index in [-0.39, 0.29) is 17.6 Å². The van der Waals surface area contributed by atoms with Gasteiger partial charge in [0.05, 0.1) is 11.3 Å². The summed E-state index contributed by atoms with van der Waals surface area (Å²) in [5.74, 6) is 0.223. The molecule has 2 bridgehead atoms. The third-order valence-corrected chi connectivity index (χ3v) is 5.89. The zero-order valence-corrected chi connectivity index (χ0v) is 17.5. The van der Waals surface area contributed by atoms with Crippen LogP contribution in [0.25, 0.3) is 0 Å². The minimum Gasteiger partial charge on any atom is -0.507 e. The van der Waals surface area contributed by atoms with E-state index in [1.54, 1.807) is 12.1 Å². The normalized spacial score (nSPS) is 26.0. The van der Waals surface area contributed by atoms with Crippen LogP contribution in [-0.4, -0.2) is 21.6 Å². The number of hydrogen-bond acceptors (Lipinski definition) is 4. The lowest BCUT2D eigenvalue weighted by Crippen LogP contribution is -2.23. The second kappa shape index (κ2) is 9.14. The van der Waals surface area contributed by atoms with E-state index in [0.29, 0.717) is 12.1 Å². The lowest BCUT2D eigenvalue weighted by molar-refractivity contribution is 0.190. The Morgan fingerprint density at radius 3 is 2.80 bits per heavy atom. The molecule has 4 heteroatoms. The Morgan fingerprint density at radius 2 is 2.10 bits per heavy atom. The molecule has 3 rings (SSSR count). The second-order valence-electron chi connectivity index (χ2n) is 8.01. The molecule has 30 heavy (non-hydrogen) atoms. The first-order valence-corrected chi connectivity index (χ1v) is 10.2. The van der Waals surface area contributed by atoms with Gasteiger partial charge in [0, 0.05) is 23.1 Å². The van der Waals surface area contributed by atoms with Crippen LogP contribution in [-0.2, 0) is 0 Å². The summed E-state index contributed by atoms with van der Waals surface area (Å²) in [6.45, 7) is 14.0. The molecule has 1 aliphatic carbocycles. The summed E-state index contributed by atoms with van der Waals surface area (Å²) < 4.78 is 0. The van der Waals surface area contributed by atoms with Gasteiger partial charge in [-0.05, 0) is 49.5 Å². The molecule has 1 heterocycles. The Morgan fingerprint density at radius 1 is 1.33 bits per heavy atom. The first kappa shape index (κ1) is 21.6. The molecule has 3 N–H and O–H groups in total. The van der Waals surface area contributed by atoms with Crippen LogP contribution in [0.2, 0.25) is 0 Å². The number of phenols is 1. The number of nitrogens with one attached hydrogen (secondary N) is 1. The number of allylic oxidation sites excluding steroid dienone is 6. The van der Waals surface area contributed by atoms with Crippen LogP contribution in [0.5, 0.6) is 5.75 Å². The third kappa shape index (κ3) is 4.39. The molecule has 1 aliphatic heterocycles. The Balaban J connectivity index is 2.01. The molecule has 0 saturated carbocycles. The van der Waals surface area contributed by atoms with Crippen LogP contribution in [0, 0.1) is 11.8 Å². The third-order valence-electron chi connectivity index (χ3n) is 5.89. The van der Waals surface area contributed by atoms with Gasteiger partial charge in [-0.2, -0.15) is 0 Å². The highest BCUT2D eigenvalue weighted by atomic mass is 16.5. The zero-order valence-electron chi connectivity index (χ0n) is 17.5. The van der Waals surface area contributed by atoms with Crippen LogP contribution >= 0.6 is 0 Å². The summed E-state index contributed by atoms with van der Waals surface area (Å²) in [6, 6.07) is 7.37. The van der Waals surface area contributed by atoms with Crippen molar-refractivity contribution in [3.63, 3.8) is 0 Å². The fourth-order valence-electron chi connectivity index (χ4n) is 4.29. The number of phenolic OH excluding ortho intramolecular Hbond substituents is 1. The molecule has 0 amide bonds. The molecule has 0 radical (unpaired) electrons. The van der Waals surface area contributed by atoms with E-state index < -0.39 is 5.54 Å². The van der Waals surface area contributed by atoms with Crippen LogP contribution in [0.15, 0.2) is 102 Å². The van der Waals surface area contributed by atoms with Crippen LogP contribution < -0.4 is 5.48 Å². The lowest BCUT2D eigenvalue weighted by Gasteiger charge is -2.26. The maximum absolute atomic E-state index is 10.4. The summed E-state index contributed by atoms with van der Waals surface area (Å²) in [6.07, 6.45) is 14.6. The first-order valence-electron chi connectivity index (χ1n) is 10.2. The number of aliphatic imine (C=N–C) groups is 1. The van der Waals surface area contributed by atoms with Crippen molar-refractivity contribution in [1.29, 1.82) is 0 Å². The molecule has 0 aromatic heterocycles. The highest BCUT2D eigenvalue weighted by Gasteiger charge is 2.39. The van der Waals surface area contributed by atoms with Crippen molar-refractivity contribution in [2.75, 3.05) is 0 Å². The van der Waals surface area contributed by atoms with Gasteiger partial charge in [0.2, 0.25) is 0 Å². The Hall–Kier alpha value is -3.11. The van der Waals surface area contributed by atoms with Gasteiger partial charge in [0.15, 0.2) is 0 Å². The fraction of sp³-hybridized carbons (Fsp3) is 0.269. The van der Waals surface area contributed by atoms with Crippen molar-refractivity contribution in [3.8, 4) is 5.75 Å². The van der Waals surface area contributed by atoms with Crippen LogP contribution in [0.3, 0.4) is 0 Å². The highest BCUT2D eigenvalue weighted by Crippen LogP contribution is 2.42. The van der Waals surface area contributed by atoms with Gasteiger partial charge >= 0.3 is 0 Å². The zero-order chi connectivity index (χ0) is 21.7. The van der Waals surface area contributed by atoms with E-state index in [9.17, 15) is 10.3 Å². The maximum Gasteiger partial charge on any atom is 0.124 e. The molecule has 1 aromatic rings. The Kier molecular flexibility index (Phi) is 6.58. The largest absolute Gasteiger partial charge is 0.507 e. The molecular formula is C26H30N2O2. The van der Waals surface area contributed by atoms with E-state index >= 15 is 0 Å². The molecule has 2 aliphatic rings. The van der Waals surface area contributed by atoms with Crippen molar-refractivity contribution in [1.82, 2.24) is 5.48 Å². The molecular weight excluding hydrogens is 372 g/mol. The first-order chi connectivity index (χ1) is 14.4. The summed E-state index contributed by atoms with van der Waals surface area (Å²) in [7, 11) is 0. The average molecular weight is 403 g/mol. The molecule has 3 unspecified atom stereocenters. The average Bonchev–Trinajstić information content (AvgIpc) is 3.10.